The van der Waals surface area contributed by atoms with Crippen LogP contribution in [0.5, 0.6) is 0 Å². The molecule has 19 atom stereocenters. The average Bonchev–Trinajstić information content (AvgIpc) is 3.79. The molecule has 0 aromatic heterocycles. The van der Waals surface area contributed by atoms with Gasteiger partial charge in [0.15, 0.2) is 5.79 Å². The zero-order valence-electron chi connectivity index (χ0n) is 30.9. The quantitative estimate of drug-likeness (QED) is 0.412. The molecule has 1 spiro atoms. The first kappa shape index (κ1) is 36.4. The summed E-state index contributed by atoms with van der Waals surface area (Å²) >= 11 is 0. The van der Waals surface area contributed by atoms with Crippen molar-refractivity contribution in [3.05, 3.63) is 24.3 Å². The van der Waals surface area contributed by atoms with Gasteiger partial charge in [0, 0.05) is 51.6 Å². The van der Waals surface area contributed by atoms with Gasteiger partial charge in [-0.3, -0.25) is 4.79 Å². The lowest BCUT2D eigenvalue weighted by Gasteiger charge is -2.47. The average molecular weight is 731 g/mol. The van der Waals surface area contributed by atoms with Crippen molar-refractivity contribution in [3.63, 3.8) is 0 Å². The number of aliphatic hydroxyl groups excluding tert-OH is 1. The molecule has 0 saturated carbocycles. The number of hydrogen-bond donors (Lipinski definition) is 2. The number of hydrogen-bond acceptors (Lipinski definition) is 11. The zero-order valence-corrected chi connectivity index (χ0v) is 30.9. The van der Waals surface area contributed by atoms with E-state index in [2.05, 4.69) is 25.8 Å². The Kier molecular flexibility index (Phi) is 10.0. The van der Waals surface area contributed by atoms with Crippen LogP contribution in [0.1, 0.15) is 90.4 Å². The van der Waals surface area contributed by atoms with Crippen molar-refractivity contribution in [2.45, 2.75) is 194 Å². The molecule has 12 heteroatoms. The van der Waals surface area contributed by atoms with E-state index in [1.54, 1.807) is 7.11 Å². The summed E-state index contributed by atoms with van der Waals surface area (Å²) in [4.78, 5) is 14.1. The summed E-state index contributed by atoms with van der Waals surface area (Å²) in [6.45, 7) is 11.5. The van der Waals surface area contributed by atoms with E-state index in [0.29, 0.717) is 45.1 Å². The van der Waals surface area contributed by atoms with Gasteiger partial charge < -0.3 is 53.5 Å². The van der Waals surface area contributed by atoms with E-state index in [9.17, 15) is 9.90 Å². The van der Waals surface area contributed by atoms with Crippen molar-refractivity contribution in [3.8, 4) is 0 Å². The second-order valence-electron chi connectivity index (χ2n) is 17.5. The van der Waals surface area contributed by atoms with E-state index in [1.165, 1.54) is 0 Å². The SMILES string of the molecule is C=C1C[C@@H]2CC[C@@]34C[C@@H]5O[C@H]6C(O3)C3O[C@H](CC[C@@H]3O[C@H]6C5O4)CC(=O)C[C@@H]3[C@@H](OC)[C@@H](C[C@H](O)C[NH3+])O[C@H]3C[C@H]3O[C@@H](CC[C@@H]1O2)C[C@@H](C)C3=C. The summed E-state index contributed by atoms with van der Waals surface area (Å²) in [5.41, 5.74) is 6.10. The lowest BCUT2D eigenvalue weighted by molar-refractivity contribution is -0.385. The maximum Gasteiger partial charge on any atom is 0.172 e. The number of methoxy groups -OCH3 is 1. The molecule has 10 saturated heterocycles. The van der Waals surface area contributed by atoms with Crippen molar-refractivity contribution >= 4 is 5.78 Å². The molecule has 10 rings (SSSR count). The Morgan fingerprint density at radius 1 is 0.808 bits per heavy atom. The number of carbonyl (C=O) groups excluding carboxylic acids is 1. The van der Waals surface area contributed by atoms with E-state index in [1.807, 2.05) is 0 Å². The van der Waals surface area contributed by atoms with Crippen LogP contribution in [-0.2, 0) is 47.4 Å². The maximum absolute atomic E-state index is 14.1. The summed E-state index contributed by atoms with van der Waals surface area (Å²) in [7, 11) is 1.67. The number of quaternary nitrogens is 1. The van der Waals surface area contributed by atoms with Crippen molar-refractivity contribution in [2.24, 2.45) is 11.8 Å². The predicted molar refractivity (Wildman–Crippen MR) is 185 cm³/mol. The molecule has 12 nitrogen and oxygen atoms in total. The van der Waals surface area contributed by atoms with Gasteiger partial charge in [-0.2, -0.15) is 0 Å². The highest BCUT2D eigenvalue weighted by Crippen LogP contribution is 2.54. The van der Waals surface area contributed by atoms with Crippen LogP contribution >= 0.6 is 0 Å². The van der Waals surface area contributed by atoms with Crippen LogP contribution in [0.15, 0.2) is 24.3 Å². The molecular formula is C40H60NO11+. The van der Waals surface area contributed by atoms with E-state index >= 15 is 0 Å². The topological polar surface area (TPSA) is 148 Å². The van der Waals surface area contributed by atoms with Crippen LogP contribution in [0, 0.1) is 11.8 Å². The lowest BCUT2D eigenvalue weighted by Crippen LogP contribution is -2.61. The van der Waals surface area contributed by atoms with Gasteiger partial charge in [0.05, 0.1) is 61.0 Å². The molecule has 0 aromatic carbocycles. The first-order valence-corrected chi connectivity index (χ1v) is 20.3. The second-order valence-corrected chi connectivity index (χ2v) is 17.5. The highest BCUT2D eigenvalue weighted by Gasteiger charge is 2.68. The smallest absolute Gasteiger partial charge is 0.172 e. The van der Waals surface area contributed by atoms with Crippen molar-refractivity contribution in [1.29, 1.82) is 0 Å². The van der Waals surface area contributed by atoms with Crippen LogP contribution in [0.3, 0.4) is 0 Å². The minimum Gasteiger partial charge on any atom is -0.387 e. The Morgan fingerprint density at radius 2 is 1.56 bits per heavy atom. The molecule has 3 unspecified atom stereocenters. The van der Waals surface area contributed by atoms with Crippen molar-refractivity contribution in [1.82, 2.24) is 0 Å². The summed E-state index contributed by atoms with van der Waals surface area (Å²) in [5, 5.41) is 10.6. The Balaban J connectivity index is 0.994. The third-order valence-corrected chi connectivity index (χ3v) is 14.0. The fourth-order valence-corrected chi connectivity index (χ4v) is 11.3. The molecule has 10 aliphatic rings. The molecule has 0 aromatic rings. The molecule has 10 fully saturated rings. The van der Waals surface area contributed by atoms with Crippen LogP contribution in [-0.4, -0.2) is 128 Å². The van der Waals surface area contributed by atoms with Gasteiger partial charge in [0.1, 0.15) is 49.0 Å². The first-order valence-electron chi connectivity index (χ1n) is 20.3. The van der Waals surface area contributed by atoms with Crippen molar-refractivity contribution < 1.29 is 58.3 Å². The normalized spacial score (nSPS) is 52.4. The van der Waals surface area contributed by atoms with E-state index in [-0.39, 0.29) is 109 Å². The minimum atomic E-state index is -0.776. The van der Waals surface area contributed by atoms with E-state index in [4.69, 9.17) is 42.6 Å². The summed E-state index contributed by atoms with van der Waals surface area (Å²) in [6, 6.07) is 0. The van der Waals surface area contributed by atoms with Crippen LogP contribution in [0.4, 0.5) is 0 Å². The number of Topliss-reactive ketones (excluding diaryl/α,β-unsaturated/α-hetero) is 1. The monoisotopic (exact) mass is 730 g/mol. The fraction of sp³-hybridized carbons (Fsp3) is 0.875. The number of aliphatic hydroxyl groups is 1. The molecule has 52 heavy (non-hydrogen) atoms. The Morgan fingerprint density at radius 3 is 2.38 bits per heavy atom. The van der Waals surface area contributed by atoms with Gasteiger partial charge in [0.2, 0.25) is 0 Å². The van der Waals surface area contributed by atoms with Gasteiger partial charge in [-0.1, -0.05) is 20.1 Å². The second kappa shape index (κ2) is 14.3. The van der Waals surface area contributed by atoms with Gasteiger partial charge in [-0.05, 0) is 62.0 Å². The third kappa shape index (κ3) is 6.59. The number of ether oxygens (including phenoxy) is 9. The third-order valence-electron chi connectivity index (χ3n) is 14.0. The Labute approximate surface area is 307 Å². The van der Waals surface area contributed by atoms with Gasteiger partial charge in [-0.15, -0.1) is 0 Å². The molecule has 290 valence electrons. The number of fused-ring (bicyclic) bond motifs is 6. The number of ketones is 1. The van der Waals surface area contributed by atoms with Gasteiger partial charge in [-0.25, -0.2) is 0 Å². The standard InChI is InChI=1S/C40H59NO11/c1-19-11-24-5-7-28-20(2)12-26(45-28)9-10-40-17-33-36(51-40)37-38(50-33)39(52-40)35-29(49-37)8-6-25(47-35)13-22(42)14-27-31(16-30(46-24)21(19)3)48-32(34(27)44-4)15-23(43)18-41/h19,23-39,43H,2-3,5-18,41H2,1,4H3/p+1/t19-,23+,24+,25-,26+,27+,28+,29+,30-,31+,32-,33+,34-,35?,36?,37+,38-,39?,40+/m1/s1. The molecule has 12 bridgehead atoms. The minimum absolute atomic E-state index is 0.0107. The highest BCUT2D eigenvalue weighted by molar-refractivity contribution is 5.79. The summed E-state index contributed by atoms with van der Waals surface area (Å²) < 4.78 is 60.1. The number of rotatable bonds is 4. The summed E-state index contributed by atoms with van der Waals surface area (Å²) in [6.07, 6.45) is 5.27. The van der Waals surface area contributed by atoms with Crippen molar-refractivity contribution in [2.75, 3.05) is 13.7 Å². The number of carbonyl (C=O) groups is 1. The maximum atomic E-state index is 14.1. The van der Waals surface area contributed by atoms with Gasteiger partial charge >= 0.3 is 0 Å². The Hall–Kier alpha value is -1.29. The largest absolute Gasteiger partial charge is 0.387 e. The molecule has 0 amide bonds. The Bertz CT molecular complexity index is 1380. The molecule has 4 N–H and O–H groups in total. The molecule has 10 heterocycles. The molecular weight excluding hydrogens is 670 g/mol. The van der Waals surface area contributed by atoms with E-state index < -0.39 is 11.9 Å². The fourth-order valence-electron chi connectivity index (χ4n) is 11.3. The van der Waals surface area contributed by atoms with Crippen LogP contribution in [0.2, 0.25) is 0 Å². The first-order chi connectivity index (χ1) is 25.1. The molecule has 10 aliphatic heterocycles. The summed E-state index contributed by atoms with van der Waals surface area (Å²) in [5.74, 6) is -0.574. The van der Waals surface area contributed by atoms with E-state index in [0.717, 1.165) is 56.1 Å². The predicted octanol–water partition coefficient (Wildman–Crippen LogP) is 2.72. The highest BCUT2D eigenvalue weighted by atomic mass is 16.8. The van der Waals surface area contributed by atoms with Crippen LogP contribution < -0.4 is 5.73 Å². The lowest BCUT2D eigenvalue weighted by atomic mass is 9.81. The molecule has 0 aliphatic carbocycles. The van der Waals surface area contributed by atoms with Crippen LogP contribution in [0.25, 0.3) is 0 Å². The molecule has 0 radical (unpaired) electrons. The van der Waals surface area contributed by atoms with Gasteiger partial charge in [0.25, 0.3) is 0 Å². The zero-order chi connectivity index (χ0) is 35.9.